The zero-order chi connectivity index (χ0) is 27.3. The minimum atomic E-state index is -0.689. The van der Waals surface area contributed by atoms with Crippen molar-refractivity contribution < 1.29 is 18.7 Å². The average Bonchev–Trinajstić information content (AvgIpc) is 2.82. The molecule has 2 amide bonds. The summed E-state index contributed by atoms with van der Waals surface area (Å²) in [5.41, 5.74) is 7.23. The number of allylic oxidation sites excluding steroid dienone is 1. The van der Waals surface area contributed by atoms with Crippen LogP contribution in [0.25, 0.3) is 10.9 Å². The number of halogens is 2. The van der Waals surface area contributed by atoms with Crippen LogP contribution in [-0.2, 0) is 11.2 Å². The Kier molecular flexibility index (Phi) is 8.49. The fourth-order valence-electron chi connectivity index (χ4n) is 3.45. The largest absolute Gasteiger partial charge is 0.455 e. The van der Waals surface area contributed by atoms with Gasteiger partial charge in [-0.05, 0) is 57.0 Å². The number of nitrogens with one attached hydrogen (secondary N) is 2. The summed E-state index contributed by atoms with van der Waals surface area (Å²) in [6.45, 7) is 7.59. The number of nitrogens with zero attached hydrogens (tertiary/aromatic N) is 2. The molecule has 0 aliphatic carbocycles. The first-order valence-corrected chi connectivity index (χ1v) is 11.8. The zero-order valence-corrected chi connectivity index (χ0v) is 22.0. The fraction of sp³-hybridized carbons (Fsp3) is 0.259. The highest BCUT2D eigenvalue weighted by molar-refractivity contribution is 6.32. The van der Waals surface area contributed by atoms with E-state index in [9.17, 15) is 14.0 Å². The first-order chi connectivity index (χ1) is 17.4. The van der Waals surface area contributed by atoms with Crippen LogP contribution in [0.4, 0.5) is 4.39 Å². The molecule has 0 spiro atoms. The van der Waals surface area contributed by atoms with Gasteiger partial charge in [0.05, 0.1) is 33.8 Å². The van der Waals surface area contributed by atoms with Crippen LogP contribution in [-0.4, -0.2) is 35.6 Å². The van der Waals surface area contributed by atoms with Crippen molar-refractivity contribution in [2.75, 3.05) is 7.05 Å². The maximum absolute atomic E-state index is 14.4. The van der Waals surface area contributed by atoms with E-state index in [0.29, 0.717) is 39.2 Å². The van der Waals surface area contributed by atoms with E-state index < -0.39 is 11.7 Å². The number of carbonyl (C=O) groups is 2. The van der Waals surface area contributed by atoms with Crippen molar-refractivity contribution in [2.45, 2.75) is 39.7 Å². The van der Waals surface area contributed by atoms with E-state index in [-0.39, 0.29) is 28.5 Å². The van der Waals surface area contributed by atoms with Gasteiger partial charge < -0.3 is 21.1 Å². The molecule has 1 aromatic heterocycles. The third-order valence-corrected chi connectivity index (χ3v) is 5.46. The lowest BCUT2D eigenvalue weighted by Gasteiger charge is -2.15. The summed E-state index contributed by atoms with van der Waals surface area (Å²) in [6.07, 6.45) is 4.33. The van der Waals surface area contributed by atoms with Gasteiger partial charge in [-0.25, -0.2) is 4.39 Å². The summed E-state index contributed by atoms with van der Waals surface area (Å²) < 4.78 is 20.5. The Morgan fingerprint density at radius 3 is 2.59 bits per heavy atom. The van der Waals surface area contributed by atoms with Crippen molar-refractivity contribution in [3.63, 3.8) is 0 Å². The summed E-state index contributed by atoms with van der Waals surface area (Å²) in [4.78, 5) is 33.1. The Morgan fingerprint density at radius 2 is 1.97 bits per heavy atom. The molecule has 3 aromatic rings. The predicted octanol–water partition coefficient (Wildman–Crippen LogP) is 4.82. The molecule has 0 saturated heterocycles. The Labute approximate surface area is 219 Å². The van der Waals surface area contributed by atoms with Crippen molar-refractivity contribution in [2.24, 2.45) is 10.7 Å². The van der Waals surface area contributed by atoms with Crippen molar-refractivity contribution >= 4 is 40.5 Å². The number of nitrogens with two attached hydrogens (primary N) is 1. The molecule has 2 aromatic carbocycles. The number of fused-ring (bicyclic) bond motifs is 1. The van der Waals surface area contributed by atoms with Gasteiger partial charge in [0.25, 0.3) is 5.91 Å². The second-order valence-electron chi connectivity index (χ2n) is 9.34. The number of amides is 2. The van der Waals surface area contributed by atoms with Crippen LogP contribution in [0.15, 0.2) is 53.4 Å². The van der Waals surface area contributed by atoms with Gasteiger partial charge in [-0.1, -0.05) is 17.7 Å². The Bertz CT molecular complexity index is 1390. The maximum atomic E-state index is 14.4. The molecule has 0 radical (unpaired) electrons. The number of aryl methyl sites for hydroxylation is 1. The number of pyridine rings is 1. The highest BCUT2D eigenvalue weighted by Crippen LogP contribution is 2.37. The lowest BCUT2D eigenvalue weighted by molar-refractivity contribution is -0.119. The number of aromatic nitrogens is 1. The smallest absolute Gasteiger partial charge is 0.254 e. The van der Waals surface area contributed by atoms with Gasteiger partial charge in [-0.2, -0.15) is 0 Å². The first kappa shape index (κ1) is 27.6. The van der Waals surface area contributed by atoms with E-state index in [2.05, 4.69) is 20.6 Å². The molecule has 0 unspecified atom stereocenters. The monoisotopic (exact) mass is 525 g/mol. The van der Waals surface area contributed by atoms with Crippen LogP contribution in [0, 0.1) is 12.7 Å². The lowest BCUT2D eigenvalue weighted by Crippen LogP contribution is -2.26. The first-order valence-electron chi connectivity index (χ1n) is 11.5. The zero-order valence-electron chi connectivity index (χ0n) is 21.3. The molecular weight excluding hydrogens is 497 g/mol. The molecular formula is C27H29ClFN5O3. The Hall–Kier alpha value is -3.98. The molecule has 10 heteroatoms. The maximum Gasteiger partial charge on any atom is 0.254 e. The van der Waals surface area contributed by atoms with Gasteiger partial charge in [0, 0.05) is 37.1 Å². The van der Waals surface area contributed by atoms with E-state index in [4.69, 9.17) is 22.1 Å². The van der Waals surface area contributed by atoms with Crippen LogP contribution in [0.3, 0.4) is 0 Å². The van der Waals surface area contributed by atoms with E-state index in [1.165, 1.54) is 37.8 Å². The molecule has 3 rings (SSSR count). The fourth-order valence-corrected chi connectivity index (χ4v) is 3.78. The van der Waals surface area contributed by atoms with Crippen LogP contribution < -0.4 is 21.1 Å². The lowest BCUT2D eigenvalue weighted by atomic mass is 10.1. The van der Waals surface area contributed by atoms with E-state index in [0.717, 1.165) is 0 Å². The Balaban J connectivity index is 1.84. The minimum Gasteiger partial charge on any atom is -0.455 e. The number of hydrogen-bond acceptors (Lipinski definition) is 6. The third-order valence-electron chi connectivity index (χ3n) is 5.18. The highest BCUT2D eigenvalue weighted by Gasteiger charge is 2.17. The van der Waals surface area contributed by atoms with Gasteiger partial charge in [-0.15, -0.1) is 0 Å². The quantitative estimate of drug-likeness (QED) is 0.382. The molecule has 194 valence electrons. The third kappa shape index (κ3) is 7.04. The van der Waals surface area contributed by atoms with Gasteiger partial charge >= 0.3 is 0 Å². The van der Waals surface area contributed by atoms with Crippen LogP contribution in [0.1, 0.15) is 42.3 Å². The predicted molar refractivity (Wildman–Crippen MR) is 144 cm³/mol. The summed E-state index contributed by atoms with van der Waals surface area (Å²) in [5, 5.41) is 5.87. The van der Waals surface area contributed by atoms with E-state index in [1.807, 2.05) is 20.8 Å². The van der Waals surface area contributed by atoms with Gasteiger partial charge in [0.2, 0.25) is 5.91 Å². The molecule has 8 nitrogen and oxygen atoms in total. The number of hydrogen-bond donors (Lipinski definition) is 3. The molecule has 0 aliphatic heterocycles. The standard InChI is InChI=1S/C27H29ClFN5O3/c1-15-8-16(10-24(35)34-17(13-30)14-33-27(2,3)4)9-20(28)25(15)37-23-6-7-32-22-12-21(29)18(11-19(22)23)26(36)31-5/h6-9,11-14H,10,30H2,1-5H3,(H,31,36)(H,34,35)/b17-13+,33-14?. The number of ether oxygens (including phenoxy) is 1. The molecule has 0 fully saturated rings. The van der Waals surface area contributed by atoms with Crippen LogP contribution in [0.2, 0.25) is 5.02 Å². The van der Waals surface area contributed by atoms with Crippen molar-refractivity contribution in [1.82, 2.24) is 15.6 Å². The molecule has 4 N–H and O–H groups in total. The summed E-state index contributed by atoms with van der Waals surface area (Å²) in [6, 6.07) is 7.59. The molecule has 0 bridgehead atoms. The van der Waals surface area contributed by atoms with E-state index >= 15 is 0 Å². The second-order valence-corrected chi connectivity index (χ2v) is 9.75. The minimum absolute atomic E-state index is 0.0501. The SMILES string of the molecule is CNC(=O)c1cc2c(Oc3c(C)cc(CC(=O)N/C(C=NC(C)(C)C)=C/N)cc3Cl)ccnc2cc1F. The molecule has 1 heterocycles. The number of carbonyl (C=O) groups excluding carboxylic acids is 2. The number of aliphatic imine (C=N–C) groups is 1. The van der Waals surface area contributed by atoms with Crippen LogP contribution in [0.5, 0.6) is 11.5 Å². The highest BCUT2D eigenvalue weighted by atomic mass is 35.5. The number of benzene rings is 2. The molecule has 0 aliphatic rings. The van der Waals surface area contributed by atoms with Crippen molar-refractivity contribution in [1.29, 1.82) is 0 Å². The molecule has 0 atom stereocenters. The summed E-state index contributed by atoms with van der Waals surface area (Å²) >= 11 is 6.53. The van der Waals surface area contributed by atoms with Crippen molar-refractivity contribution in [3.8, 4) is 11.5 Å². The van der Waals surface area contributed by atoms with Gasteiger partial charge in [-0.3, -0.25) is 19.6 Å². The summed E-state index contributed by atoms with van der Waals surface area (Å²) in [7, 11) is 1.42. The van der Waals surface area contributed by atoms with Gasteiger partial charge in [0.15, 0.2) is 0 Å². The molecule has 37 heavy (non-hydrogen) atoms. The number of rotatable bonds is 7. The second kappa shape index (κ2) is 11.4. The summed E-state index contributed by atoms with van der Waals surface area (Å²) in [5.74, 6) is -0.829. The normalized spacial score (nSPS) is 12.1. The molecule has 0 saturated carbocycles. The topological polar surface area (TPSA) is 119 Å². The van der Waals surface area contributed by atoms with Crippen molar-refractivity contribution in [3.05, 3.63) is 76.0 Å². The Morgan fingerprint density at radius 1 is 1.24 bits per heavy atom. The van der Waals surface area contributed by atoms with Gasteiger partial charge in [0.1, 0.15) is 17.3 Å². The van der Waals surface area contributed by atoms with Crippen LogP contribution >= 0.6 is 11.6 Å². The average molecular weight is 526 g/mol. The van der Waals surface area contributed by atoms with E-state index in [1.54, 1.807) is 25.1 Å².